The fourth-order valence-electron chi connectivity index (χ4n) is 1.09. The molecule has 0 fully saturated rings. The number of fused-ring (bicyclic) bond motifs is 1. The minimum Gasteiger partial charge on any atom is -0.325 e. The fraction of sp³-hybridized carbons (Fsp3) is 0.667. The van der Waals surface area contributed by atoms with E-state index in [-0.39, 0.29) is 11.0 Å². The van der Waals surface area contributed by atoms with E-state index in [1.165, 1.54) is 11.3 Å². The van der Waals surface area contributed by atoms with Crippen LogP contribution in [0.15, 0.2) is 6.33 Å². The van der Waals surface area contributed by atoms with Crippen LogP contribution in [-0.4, -0.2) is 25.4 Å². The lowest BCUT2D eigenvalue weighted by Gasteiger charge is -2.36. The van der Waals surface area contributed by atoms with Gasteiger partial charge < -0.3 is 5.73 Å². The van der Waals surface area contributed by atoms with Gasteiger partial charge in [-0.15, -0.1) is 10.2 Å². The number of nitrogens with zero attached hydrogens (tertiary/aromatic N) is 4. The second kappa shape index (κ2) is 2.99. The van der Waals surface area contributed by atoms with Gasteiger partial charge in [-0.25, -0.2) is 0 Å². The van der Waals surface area contributed by atoms with Gasteiger partial charge in [-0.3, -0.25) is 0 Å². The van der Waals surface area contributed by atoms with Gasteiger partial charge in [0, 0.05) is 11.0 Å². The molecule has 0 aromatic carbocycles. The highest BCUT2D eigenvalue weighted by Crippen LogP contribution is 2.35. The molecule has 0 atom stereocenters. The quantitative estimate of drug-likeness (QED) is 0.833. The van der Waals surface area contributed by atoms with Crippen molar-refractivity contribution in [3.8, 4) is 0 Å². The van der Waals surface area contributed by atoms with Crippen molar-refractivity contribution in [2.75, 3.05) is 0 Å². The molecular weight excluding hydrogens is 210 g/mol. The summed E-state index contributed by atoms with van der Waals surface area (Å²) in [6, 6.07) is 0. The van der Waals surface area contributed by atoms with E-state index in [1.807, 2.05) is 13.8 Å². The van der Waals surface area contributed by atoms with E-state index in [9.17, 15) is 0 Å². The third-order valence-corrected chi connectivity index (χ3v) is 4.27. The van der Waals surface area contributed by atoms with Crippen LogP contribution in [0.3, 0.4) is 0 Å². The standard InChI is InChI=1S/C9H15N5S/c1-8(2,9(3,4)10)6-13-14-5-11-12-7(14)15-6/h5H,10H2,1-4H3. The molecule has 2 heterocycles. The van der Waals surface area contributed by atoms with E-state index in [2.05, 4.69) is 29.1 Å². The van der Waals surface area contributed by atoms with Gasteiger partial charge in [0.05, 0.1) is 0 Å². The van der Waals surface area contributed by atoms with Crippen molar-refractivity contribution < 1.29 is 0 Å². The van der Waals surface area contributed by atoms with Crippen LogP contribution in [0, 0.1) is 0 Å². The molecule has 0 bridgehead atoms. The summed E-state index contributed by atoms with van der Waals surface area (Å²) in [6.45, 7) is 8.21. The van der Waals surface area contributed by atoms with Crippen LogP contribution in [0.5, 0.6) is 0 Å². The molecule has 0 spiro atoms. The monoisotopic (exact) mass is 225 g/mol. The van der Waals surface area contributed by atoms with E-state index >= 15 is 0 Å². The molecule has 0 aliphatic rings. The van der Waals surface area contributed by atoms with Crippen molar-refractivity contribution in [2.45, 2.75) is 38.6 Å². The van der Waals surface area contributed by atoms with E-state index in [4.69, 9.17) is 5.73 Å². The molecule has 0 amide bonds. The van der Waals surface area contributed by atoms with Crippen molar-refractivity contribution >= 4 is 16.3 Å². The molecule has 0 unspecified atom stereocenters. The molecule has 2 aromatic heterocycles. The molecular formula is C9H15N5S. The topological polar surface area (TPSA) is 69.1 Å². The zero-order valence-corrected chi connectivity index (χ0v) is 10.2. The molecule has 2 rings (SSSR count). The Labute approximate surface area is 92.3 Å². The number of aromatic nitrogens is 4. The molecule has 82 valence electrons. The minimum absolute atomic E-state index is 0.182. The van der Waals surface area contributed by atoms with Crippen molar-refractivity contribution in [1.29, 1.82) is 0 Å². The Morgan fingerprint density at radius 2 is 2.00 bits per heavy atom. The van der Waals surface area contributed by atoms with Crippen molar-refractivity contribution in [3.05, 3.63) is 11.3 Å². The normalized spacial score (nSPS) is 13.7. The van der Waals surface area contributed by atoms with E-state index in [0.29, 0.717) is 0 Å². The minimum atomic E-state index is -0.323. The molecule has 0 aliphatic carbocycles. The van der Waals surface area contributed by atoms with Crippen LogP contribution in [0.1, 0.15) is 32.7 Å². The van der Waals surface area contributed by atoms with E-state index in [0.717, 1.165) is 9.97 Å². The molecule has 15 heavy (non-hydrogen) atoms. The lowest BCUT2D eigenvalue weighted by molar-refractivity contribution is 0.303. The van der Waals surface area contributed by atoms with Crippen LogP contribution < -0.4 is 5.73 Å². The predicted molar refractivity (Wildman–Crippen MR) is 60.0 cm³/mol. The summed E-state index contributed by atoms with van der Waals surface area (Å²) in [4.78, 5) is 0.808. The van der Waals surface area contributed by atoms with Gasteiger partial charge in [-0.2, -0.15) is 9.61 Å². The summed E-state index contributed by atoms with van der Waals surface area (Å²) in [5.41, 5.74) is 5.65. The highest BCUT2D eigenvalue weighted by molar-refractivity contribution is 7.16. The second-order valence-electron chi connectivity index (χ2n) is 4.81. The Bertz CT molecular complexity index is 447. The Hall–Kier alpha value is -1.01. The number of nitrogens with two attached hydrogens (primary N) is 1. The lowest BCUT2D eigenvalue weighted by Crippen LogP contribution is -2.50. The van der Waals surface area contributed by atoms with Crippen LogP contribution in [0.4, 0.5) is 0 Å². The zero-order chi connectivity index (χ0) is 11.3. The Kier molecular flexibility index (Phi) is 2.09. The van der Waals surface area contributed by atoms with Crippen LogP contribution in [0.25, 0.3) is 4.96 Å². The van der Waals surface area contributed by atoms with Crippen LogP contribution in [-0.2, 0) is 5.41 Å². The van der Waals surface area contributed by atoms with Gasteiger partial charge in [0.2, 0.25) is 4.96 Å². The molecule has 0 saturated carbocycles. The Morgan fingerprint density at radius 3 is 2.53 bits per heavy atom. The third-order valence-electron chi connectivity index (χ3n) is 3.03. The largest absolute Gasteiger partial charge is 0.325 e. The SMILES string of the molecule is CC(C)(N)C(C)(C)c1nn2cnnc2s1. The summed E-state index contributed by atoms with van der Waals surface area (Å²) < 4.78 is 1.69. The van der Waals surface area contributed by atoms with E-state index in [1.54, 1.807) is 10.8 Å². The molecule has 2 N–H and O–H groups in total. The van der Waals surface area contributed by atoms with Crippen LogP contribution in [0.2, 0.25) is 0 Å². The first-order chi connectivity index (χ1) is 6.82. The summed E-state index contributed by atoms with van der Waals surface area (Å²) >= 11 is 1.54. The zero-order valence-electron chi connectivity index (χ0n) is 9.35. The average molecular weight is 225 g/mol. The maximum absolute atomic E-state index is 6.16. The first kappa shape index (κ1) is 10.5. The summed E-state index contributed by atoms with van der Waals surface area (Å²) in [5, 5.41) is 13.2. The summed E-state index contributed by atoms with van der Waals surface area (Å²) in [5.74, 6) is 0. The van der Waals surface area contributed by atoms with Crippen molar-refractivity contribution in [2.24, 2.45) is 5.73 Å². The molecule has 0 aliphatic heterocycles. The molecule has 6 heteroatoms. The summed E-state index contributed by atoms with van der Waals surface area (Å²) in [6.07, 6.45) is 1.61. The highest BCUT2D eigenvalue weighted by Gasteiger charge is 2.38. The lowest BCUT2D eigenvalue weighted by atomic mass is 9.76. The van der Waals surface area contributed by atoms with Crippen LogP contribution >= 0.6 is 11.3 Å². The van der Waals surface area contributed by atoms with Crippen molar-refractivity contribution in [1.82, 2.24) is 19.8 Å². The predicted octanol–water partition coefficient (Wildman–Crippen LogP) is 1.20. The average Bonchev–Trinajstić information content (AvgIpc) is 2.57. The fourth-order valence-corrected chi connectivity index (χ4v) is 2.18. The first-order valence-corrected chi connectivity index (χ1v) is 5.60. The van der Waals surface area contributed by atoms with Gasteiger partial charge in [-0.1, -0.05) is 25.2 Å². The molecule has 0 saturated heterocycles. The molecule has 0 radical (unpaired) electrons. The summed E-state index contributed by atoms with van der Waals surface area (Å²) in [7, 11) is 0. The van der Waals surface area contributed by atoms with Gasteiger partial charge in [0.25, 0.3) is 0 Å². The Morgan fingerprint density at radius 1 is 1.33 bits per heavy atom. The third kappa shape index (κ3) is 1.53. The number of rotatable bonds is 2. The first-order valence-electron chi connectivity index (χ1n) is 4.78. The van der Waals surface area contributed by atoms with Crippen molar-refractivity contribution in [3.63, 3.8) is 0 Å². The smallest absolute Gasteiger partial charge is 0.234 e. The number of hydrogen-bond acceptors (Lipinski definition) is 5. The van der Waals surface area contributed by atoms with Gasteiger partial charge in [0.1, 0.15) is 11.3 Å². The second-order valence-corrected chi connectivity index (χ2v) is 5.77. The maximum atomic E-state index is 6.16. The van der Waals surface area contributed by atoms with Gasteiger partial charge in [-0.05, 0) is 13.8 Å². The van der Waals surface area contributed by atoms with E-state index < -0.39 is 0 Å². The molecule has 5 nitrogen and oxygen atoms in total. The van der Waals surface area contributed by atoms with Gasteiger partial charge in [0.15, 0.2) is 0 Å². The molecule has 2 aromatic rings. The highest BCUT2D eigenvalue weighted by atomic mass is 32.1. The Balaban J connectivity index is 2.51. The number of hydrogen-bond donors (Lipinski definition) is 1. The maximum Gasteiger partial charge on any atom is 0.234 e. The van der Waals surface area contributed by atoms with Gasteiger partial charge >= 0.3 is 0 Å².